The van der Waals surface area contributed by atoms with Crippen LogP contribution in [0.1, 0.15) is 6.92 Å². The average molecular weight is 276 g/mol. The Labute approximate surface area is 115 Å². The molecule has 0 unspecified atom stereocenters. The molecule has 0 radical (unpaired) electrons. The van der Waals surface area contributed by atoms with Crippen LogP contribution in [-0.4, -0.2) is 11.5 Å². The molecule has 2 aromatic rings. The maximum Gasteiger partial charge on any atom is 0.275 e. The Kier molecular flexibility index (Phi) is 4.14. The SMILES string of the molecule is CCNc1cc(Oc2cccc(F)c2)cc([N+](=O)[O-])c1. The molecular formula is C14H13FN2O3. The van der Waals surface area contributed by atoms with Crippen LogP contribution in [0.25, 0.3) is 0 Å². The second-order valence-corrected chi connectivity index (χ2v) is 4.06. The van der Waals surface area contributed by atoms with Gasteiger partial charge in [-0.05, 0) is 19.1 Å². The van der Waals surface area contributed by atoms with Gasteiger partial charge >= 0.3 is 0 Å². The number of hydrogen-bond donors (Lipinski definition) is 1. The normalized spacial score (nSPS) is 10.1. The number of non-ortho nitro benzene ring substituents is 1. The van der Waals surface area contributed by atoms with E-state index in [2.05, 4.69) is 5.32 Å². The third-order valence-electron chi connectivity index (χ3n) is 2.51. The van der Waals surface area contributed by atoms with Gasteiger partial charge in [0.2, 0.25) is 0 Å². The topological polar surface area (TPSA) is 64.4 Å². The summed E-state index contributed by atoms with van der Waals surface area (Å²) in [6.45, 7) is 2.51. The Hall–Kier alpha value is -2.63. The molecule has 2 aromatic carbocycles. The fraction of sp³-hybridized carbons (Fsp3) is 0.143. The Morgan fingerprint density at radius 3 is 2.70 bits per heavy atom. The molecule has 6 heteroatoms. The minimum atomic E-state index is -0.501. The molecule has 0 spiro atoms. The lowest BCUT2D eigenvalue weighted by Crippen LogP contribution is -1.98. The molecule has 5 nitrogen and oxygen atoms in total. The lowest BCUT2D eigenvalue weighted by molar-refractivity contribution is -0.384. The highest BCUT2D eigenvalue weighted by atomic mass is 19.1. The van der Waals surface area contributed by atoms with Crippen LogP contribution in [0.4, 0.5) is 15.8 Å². The van der Waals surface area contributed by atoms with Crippen LogP contribution in [0.2, 0.25) is 0 Å². The van der Waals surface area contributed by atoms with Crippen molar-refractivity contribution in [1.29, 1.82) is 0 Å². The van der Waals surface area contributed by atoms with Crippen molar-refractivity contribution in [3.63, 3.8) is 0 Å². The quantitative estimate of drug-likeness (QED) is 0.663. The van der Waals surface area contributed by atoms with Gasteiger partial charge in [0.25, 0.3) is 5.69 Å². The molecule has 0 heterocycles. The Bertz CT molecular complexity index is 632. The van der Waals surface area contributed by atoms with Gasteiger partial charge in [-0.1, -0.05) is 6.07 Å². The maximum absolute atomic E-state index is 13.1. The number of nitro groups is 1. The molecule has 0 aliphatic heterocycles. The first-order valence-corrected chi connectivity index (χ1v) is 6.05. The van der Waals surface area contributed by atoms with Crippen molar-refractivity contribution in [3.05, 3.63) is 58.4 Å². The maximum atomic E-state index is 13.1. The van der Waals surface area contributed by atoms with Gasteiger partial charge < -0.3 is 10.1 Å². The molecule has 0 atom stereocenters. The average Bonchev–Trinajstić information content (AvgIpc) is 2.38. The summed E-state index contributed by atoms with van der Waals surface area (Å²) in [6.07, 6.45) is 0. The molecule has 1 N–H and O–H groups in total. The lowest BCUT2D eigenvalue weighted by Gasteiger charge is -2.09. The van der Waals surface area contributed by atoms with Gasteiger partial charge in [-0.15, -0.1) is 0 Å². The summed E-state index contributed by atoms with van der Waals surface area (Å²) in [6, 6.07) is 9.94. The molecule has 0 bridgehead atoms. The minimum Gasteiger partial charge on any atom is -0.457 e. The Morgan fingerprint density at radius 2 is 2.05 bits per heavy atom. The third-order valence-corrected chi connectivity index (χ3v) is 2.51. The smallest absolute Gasteiger partial charge is 0.275 e. The highest BCUT2D eigenvalue weighted by Crippen LogP contribution is 2.29. The molecule has 0 aromatic heterocycles. The number of hydrogen-bond acceptors (Lipinski definition) is 4. The summed E-state index contributed by atoms with van der Waals surface area (Å²) in [5.74, 6) is 0.133. The number of anilines is 1. The molecule has 20 heavy (non-hydrogen) atoms. The van der Waals surface area contributed by atoms with Crippen molar-refractivity contribution in [1.82, 2.24) is 0 Å². The van der Waals surface area contributed by atoms with E-state index in [-0.39, 0.29) is 17.2 Å². The van der Waals surface area contributed by atoms with E-state index in [9.17, 15) is 14.5 Å². The van der Waals surface area contributed by atoms with E-state index in [4.69, 9.17) is 4.74 Å². The molecule has 0 amide bonds. The molecule has 0 aliphatic carbocycles. The number of benzene rings is 2. The zero-order valence-corrected chi connectivity index (χ0v) is 10.8. The first-order chi connectivity index (χ1) is 9.58. The van der Waals surface area contributed by atoms with Crippen LogP contribution in [0.3, 0.4) is 0 Å². The summed E-state index contributed by atoms with van der Waals surface area (Å²) in [7, 11) is 0. The molecule has 104 valence electrons. The van der Waals surface area contributed by atoms with Gasteiger partial charge in [-0.3, -0.25) is 10.1 Å². The van der Waals surface area contributed by atoms with Crippen LogP contribution in [0, 0.1) is 15.9 Å². The fourth-order valence-corrected chi connectivity index (χ4v) is 1.72. The van der Waals surface area contributed by atoms with E-state index in [0.29, 0.717) is 12.2 Å². The number of nitrogens with zero attached hydrogens (tertiary/aromatic N) is 1. The predicted octanol–water partition coefficient (Wildman–Crippen LogP) is 3.96. The number of halogens is 1. The molecule has 0 saturated carbocycles. The number of rotatable bonds is 5. The fourth-order valence-electron chi connectivity index (χ4n) is 1.72. The standard InChI is InChI=1S/C14H13FN2O3/c1-2-16-11-7-12(17(18)19)9-14(8-11)20-13-5-3-4-10(15)6-13/h3-9,16H,2H2,1H3. The first kappa shape index (κ1) is 13.8. The largest absolute Gasteiger partial charge is 0.457 e. The van der Waals surface area contributed by atoms with Gasteiger partial charge in [0, 0.05) is 30.4 Å². The summed E-state index contributed by atoms with van der Waals surface area (Å²) in [5, 5.41) is 13.9. The zero-order valence-electron chi connectivity index (χ0n) is 10.8. The van der Waals surface area contributed by atoms with Gasteiger partial charge in [0.05, 0.1) is 11.0 Å². The van der Waals surface area contributed by atoms with Crippen LogP contribution in [-0.2, 0) is 0 Å². The summed E-state index contributed by atoms with van der Waals surface area (Å²) >= 11 is 0. The van der Waals surface area contributed by atoms with E-state index < -0.39 is 10.7 Å². The summed E-state index contributed by atoms with van der Waals surface area (Å²) < 4.78 is 18.5. The van der Waals surface area contributed by atoms with Crippen molar-refractivity contribution in [2.75, 3.05) is 11.9 Å². The molecule has 0 fully saturated rings. The summed E-state index contributed by atoms with van der Waals surface area (Å²) in [4.78, 5) is 10.4. The predicted molar refractivity (Wildman–Crippen MR) is 73.7 cm³/mol. The molecule has 2 rings (SSSR count). The van der Waals surface area contributed by atoms with Crippen molar-refractivity contribution in [2.24, 2.45) is 0 Å². The van der Waals surface area contributed by atoms with Crippen LogP contribution >= 0.6 is 0 Å². The third kappa shape index (κ3) is 3.44. The molecule has 0 saturated heterocycles. The zero-order chi connectivity index (χ0) is 14.5. The minimum absolute atomic E-state index is 0.0881. The Balaban J connectivity index is 2.32. The van der Waals surface area contributed by atoms with Gasteiger partial charge in [-0.2, -0.15) is 0 Å². The van der Waals surface area contributed by atoms with Gasteiger partial charge in [0.15, 0.2) is 0 Å². The van der Waals surface area contributed by atoms with Crippen molar-refractivity contribution in [3.8, 4) is 11.5 Å². The highest BCUT2D eigenvalue weighted by molar-refractivity contribution is 5.57. The molecular weight excluding hydrogens is 263 g/mol. The Morgan fingerprint density at radius 1 is 1.25 bits per heavy atom. The second kappa shape index (κ2) is 6.01. The first-order valence-electron chi connectivity index (χ1n) is 6.05. The van der Waals surface area contributed by atoms with Gasteiger partial charge in [0.1, 0.15) is 17.3 Å². The number of ether oxygens (including phenoxy) is 1. The monoisotopic (exact) mass is 276 g/mol. The van der Waals surface area contributed by atoms with Crippen LogP contribution in [0.15, 0.2) is 42.5 Å². The second-order valence-electron chi connectivity index (χ2n) is 4.06. The van der Waals surface area contributed by atoms with Crippen molar-refractivity contribution in [2.45, 2.75) is 6.92 Å². The number of nitrogens with one attached hydrogen (secondary N) is 1. The van der Waals surface area contributed by atoms with E-state index >= 15 is 0 Å². The lowest BCUT2D eigenvalue weighted by atomic mass is 10.2. The highest BCUT2D eigenvalue weighted by Gasteiger charge is 2.11. The van der Waals surface area contributed by atoms with E-state index in [1.54, 1.807) is 12.1 Å². The van der Waals surface area contributed by atoms with Crippen LogP contribution in [0.5, 0.6) is 11.5 Å². The number of nitro benzene ring substituents is 1. The van der Waals surface area contributed by atoms with Crippen LogP contribution < -0.4 is 10.1 Å². The molecule has 0 aliphatic rings. The van der Waals surface area contributed by atoms with E-state index in [1.807, 2.05) is 6.92 Å². The van der Waals surface area contributed by atoms with Crippen molar-refractivity contribution >= 4 is 11.4 Å². The summed E-state index contributed by atoms with van der Waals surface area (Å²) in [5.41, 5.74) is 0.489. The van der Waals surface area contributed by atoms with E-state index in [0.717, 1.165) is 0 Å². The van der Waals surface area contributed by atoms with Gasteiger partial charge in [-0.25, -0.2) is 4.39 Å². The van der Waals surface area contributed by atoms with E-state index in [1.165, 1.54) is 30.3 Å². The van der Waals surface area contributed by atoms with Crippen molar-refractivity contribution < 1.29 is 14.1 Å².